The molecule has 0 spiro atoms. The summed E-state index contributed by atoms with van der Waals surface area (Å²) in [5.41, 5.74) is 1.51. The average Bonchev–Trinajstić information content (AvgIpc) is 3.42. The molecule has 0 aromatic carbocycles. The van der Waals surface area contributed by atoms with E-state index in [-0.39, 0.29) is 18.1 Å². The number of nitrogens with zero attached hydrogens (tertiary/aromatic N) is 3. The summed E-state index contributed by atoms with van der Waals surface area (Å²) < 4.78 is 11.2. The maximum Gasteiger partial charge on any atom is 0.272 e. The third kappa shape index (κ3) is 4.04. The van der Waals surface area contributed by atoms with Crippen LogP contribution in [0.25, 0.3) is 11.5 Å². The summed E-state index contributed by atoms with van der Waals surface area (Å²) in [6.45, 7) is 0. The fourth-order valence-corrected chi connectivity index (χ4v) is 3.27. The lowest BCUT2D eigenvalue weighted by molar-refractivity contribution is 0.0885. The molecule has 4 rings (SSSR count). The van der Waals surface area contributed by atoms with Crippen LogP contribution in [-0.4, -0.2) is 33.2 Å². The summed E-state index contributed by atoms with van der Waals surface area (Å²) in [7, 11) is 0. The number of rotatable bonds is 5. The molecule has 8 heteroatoms. The standard InChI is InChI=1S/C20H19N5O3/c21-11-13-3-8-19(22-12-13)28-15-6-4-14(5-7-15)23-20(26)17-10-16(24-25-17)18-2-1-9-27-18/h1-3,8-10,12,14-15H,4-7H2,(H,23,26)(H,24,25). The Balaban J connectivity index is 1.27. The van der Waals surface area contributed by atoms with Gasteiger partial charge in [0.05, 0.1) is 11.8 Å². The molecule has 0 radical (unpaired) electrons. The van der Waals surface area contributed by atoms with Gasteiger partial charge in [-0.1, -0.05) is 0 Å². The second-order valence-corrected chi connectivity index (χ2v) is 6.71. The van der Waals surface area contributed by atoms with Crippen LogP contribution in [0.5, 0.6) is 5.88 Å². The third-order valence-corrected chi connectivity index (χ3v) is 4.76. The van der Waals surface area contributed by atoms with Gasteiger partial charge in [-0.3, -0.25) is 9.89 Å². The molecule has 1 amide bonds. The minimum atomic E-state index is -0.202. The highest BCUT2D eigenvalue weighted by atomic mass is 16.5. The number of amides is 1. The van der Waals surface area contributed by atoms with Gasteiger partial charge in [0.15, 0.2) is 11.5 Å². The van der Waals surface area contributed by atoms with Crippen LogP contribution in [-0.2, 0) is 0 Å². The van der Waals surface area contributed by atoms with Gasteiger partial charge >= 0.3 is 0 Å². The molecule has 0 aliphatic heterocycles. The molecule has 2 N–H and O–H groups in total. The van der Waals surface area contributed by atoms with Crippen LogP contribution < -0.4 is 10.1 Å². The van der Waals surface area contributed by atoms with Crippen molar-refractivity contribution < 1.29 is 13.9 Å². The van der Waals surface area contributed by atoms with Gasteiger partial charge in [-0.2, -0.15) is 10.4 Å². The monoisotopic (exact) mass is 377 g/mol. The molecule has 3 heterocycles. The molecule has 142 valence electrons. The molecule has 0 unspecified atom stereocenters. The van der Waals surface area contributed by atoms with E-state index in [0.717, 1.165) is 25.7 Å². The maximum absolute atomic E-state index is 12.4. The van der Waals surface area contributed by atoms with E-state index < -0.39 is 0 Å². The zero-order valence-corrected chi connectivity index (χ0v) is 15.1. The third-order valence-electron chi connectivity index (χ3n) is 4.76. The van der Waals surface area contributed by atoms with E-state index in [0.29, 0.717) is 28.6 Å². The van der Waals surface area contributed by atoms with Crippen LogP contribution in [0.3, 0.4) is 0 Å². The van der Waals surface area contributed by atoms with Crippen molar-refractivity contribution in [2.75, 3.05) is 0 Å². The molecule has 1 saturated carbocycles. The second-order valence-electron chi connectivity index (χ2n) is 6.71. The van der Waals surface area contributed by atoms with Crippen LogP contribution in [0, 0.1) is 11.3 Å². The lowest BCUT2D eigenvalue weighted by atomic mass is 9.93. The largest absolute Gasteiger partial charge is 0.474 e. The number of pyridine rings is 1. The van der Waals surface area contributed by atoms with Crippen LogP contribution >= 0.6 is 0 Å². The van der Waals surface area contributed by atoms with E-state index in [9.17, 15) is 4.79 Å². The first kappa shape index (κ1) is 17.8. The van der Waals surface area contributed by atoms with E-state index in [1.54, 1.807) is 36.6 Å². The zero-order chi connectivity index (χ0) is 19.3. The number of aromatic nitrogens is 3. The van der Waals surface area contributed by atoms with Crippen molar-refractivity contribution in [2.45, 2.75) is 37.8 Å². The highest BCUT2D eigenvalue weighted by molar-refractivity contribution is 5.93. The highest BCUT2D eigenvalue weighted by Crippen LogP contribution is 2.24. The molecule has 1 aliphatic carbocycles. The lowest BCUT2D eigenvalue weighted by Gasteiger charge is -2.29. The van der Waals surface area contributed by atoms with Gasteiger partial charge in [0.1, 0.15) is 17.9 Å². The number of carbonyl (C=O) groups excluding carboxylic acids is 1. The zero-order valence-electron chi connectivity index (χ0n) is 15.1. The number of hydrogen-bond donors (Lipinski definition) is 2. The van der Waals surface area contributed by atoms with Crippen molar-refractivity contribution in [3.05, 3.63) is 54.0 Å². The second kappa shape index (κ2) is 7.96. The lowest BCUT2D eigenvalue weighted by Crippen LogP contribution is -2.39. The molecule has 28 heavy (non-hydrogen) atoms. The van der Waals surface area contributed by atoms with E-state index in [2.05, 4.69) is 20.5 Å². The summed E-state index contributed by atoms with van der Waals surface area (Å²) in [5, 5.41) is 18.7. The molecule has 3 aromatic heterocycles. The number of nitriles is 1. The quantitative estimate of drug-likeness (QED) is 0.706. The number of furan rings is 1. The van der Waals surface area contributed by atoms with Crippen molar-refractivity contribution in [3.8, 4) is 23.4 Å². The summed E-state index contributed by atoms with van der Waals surface area (Å²) in [5.74, 6) is 0.960. The minimum absolute atomic E-state index is 0.0597. The summed E-state index contributed by atoms with van der Waals surface area (Å²) in [4.78, 5) is 16.6. The average molecular weight is 377 g/mol. The van der Waals surface area contributed by atoms with E-state index in [4.69, 9.17) is 14.4 Å². The Bertz CT molecular complexity index is 964. The summed E-state index contributed by atoms with van der Waals surface area (Å²) in [6.07, 6.45) is 6.43. The first-order chi connectivity index (χ1) is 13.7. The molecule has 0 atom stereocenters. The van der Waals surface area contributed by atoms with Gasteiger partial charge in [-0.05, 0) is 43.9 Å². The van der Waals surface area contributed by atoms with Crippen LogP contribution in [0.4, 0.5) is 0 Å². The summed E-state index contributed by atoms with van der Waals surface area (Å²) in [6, 6.07) is 10.8. The Morgan fingerprint density at radius 3 is 2.82 bits per heavy atom. The normalized spacial score (nSPS) is 19.0. The smallest absolute Gasteiger partial charge is 0.272 e. The van der Waals surface area contributed by atoms with Gasteiger partial charge in [-0.25, -0.2) is 4.98 Å². The minimum Gasteiger partial charge on any atom is -0.474 e. The van der Waals surface area contributed by atoms with Gasteiger partial charge < -0.3 is 14.5 Å². The Kier molecular flexibility index (Phi) is 5.06. The fourth-order valence-electron chi connectivity index (χ4n) is 3.27. The van der Waals surface area contributed by atoms with Crippen LogP contribution in [0.1, 0.15) is 41.7 Å². The molecule has 3 aromatic rings. The Hall–Kier alpha value is -3.60. The first-order valence-corrected chi connectivity index (χ1v) is 9.14. The number of carbonyl (C=O) groups is 1. The van der Waals surface area contributed by atoms with Gasteiger partial charge in [-0.15, -0.1) is 0 Å². The van der Waals surface area contributed by atoms with Crippen LogP contribution in [0.2, 0.25) is 0 Å². The maximum atomic E-state index is 12.4. The van der Waals surface area contributed by atoms with Crippen molar-refractivity contribution in [1.29, 1.82) is 5.26 Å². The first-order valence-electron chi connectivity index (χ1n) is 9.14. The van der Waals surface area contributed by atoms with E-state index in [1.807, 2.05) is 6.07 Å². The van der Waals surface area contributed by atoms with Crippen molar-refractivity contribution in [1.82, 2.24) is 20.5 Å². The van der Waals surface area contributed by atoms with Crippen molar-refractivity contribution in [2.24, 2.45) is 0 Å². The summed E-state index contributed by atoms with van der Waals surface area (Å²) >= 11 is 0. The number of H-pyrrole nitrogens is 1. The van der Waals surface area contributed by atoms with E-state index >= 15 is 0 Å². The van der Waals surface area contributed by atoms with Gasteiger partial charge in [0.2, 0.25) is 5.88 Å². The molecule has 0 bridgehead atoms. The van der Waals surface area contributed by atoms with Gasteiger partial charge in [0, 0.05) is 24.4 Å². The molecular formula is C20H19N5O3. The topological polar surface area (TPSA) is 117 Å². The number of ether oxygens (including phenoxy) is 1. The number of aromatic amines is 1. The molecular weight excluding hydrogens is 358 g/mol. The SMILES string of the molecule is N#Cc1ccc(OC2CCC(NC(=O)c3cc(-c4ccco4)[nH]n3)CC2)nc1. The molecule has 0 saturated heterocycles. The van der Waals surface area contributed by atoms with Crippen molar-refractivity contribution in [3.63, 3.8) is 0 Å². The molecule has 1 fully saturated rings. The Labute approximate surface area is 161 Å². The Morgan fingerprint density at radius 1 is 1.29 bits per heavy atom. The predicted octanol–water partition coefficient (Wildman–Crippen LogP) is 3.06. The predicted molar refractivity (Wildman–Crippen MR) is 99.4 cm³/mol. The van der Waals surface area contributed by atoms with Crippen LogP contribution in [0.15, 0.2) is 47.2 Å². The van der Waals surface area contributed by atoms with Crippen molar-refractivity contribution >= 4 is 5.91 Å². The van der Waals surface area contributed by atoms with E-state index in [1.165, 1.54) is 6.20 Å². The molecule has 8 nitrogen and oxygen atoms in total. The molecule has 1 aliphatic rings. The fraction of sp³-hybridized carbons (Fsp3) is 0.300. The highest BCUT2D eigenvalue weighted by Gasteiger charge is 2.25. The Morgan fingerprint density at radius 2 is 2.14 bits per heavy atom. The number of nitrogens with one attached hydrogen (secondary N) is 2. The van der Waals surface area contributed by atoms with Gasteiger partial charge in [0.25, 0.3) is 5.91 Å². The number of hydrogen-bond acceptors (Lipinski definition) is 6.